The van der Waals surface area contributed by atoms with Crippen molar-refractivity contribution in [3.8, 4) is 5.75 Å². The molecule has 2 aromatic carbocycles. The molecule has 0 spiro atoms. The molecule has 0 unspecified atom stereocenters. The third kappa shape index (κ3) is 4.87. The zero-order chi connectivity index (χ0) is 14.2. The molecule has 0 aliphatic rings. The Kier molecular flexibility index (Phi) is 5.90. The molecule has 3 heteroatoms. The van der Waals surface area contributed by atoms with E-state index >= 15 is 0 Å². The van der Waals surface area contributed by atoms with Gasteiger partial charge >= 0.3 is 0 Å². The zero-order valence-electron chi connectivity index (χ0n) is 11.5. The Hall–Kier alpha value is -1.51. The minimum absolute atomic E-state index is 0.137. The number of hydrogen-bond donors (Lipinski definition) is 2. The molecule has 0 atom stereocenters. The number of hydrogen-bond acceptors (Lipinski definition) is 2. The van der Waals surface area contributed by atoms with E-state index in [0.717, 1.165) is 31.5 Å². The van der Waals surface area contributed by atoms with Gasteiger partial charge in [0, 0.05) is 6.54 Å². The Morgan fingerprint density at radius 2 is 1.75 bits per heavy atom. The predicted octanol–water partition coefficient (Wildman–Crippen LogP) is 4.16. The minimum atomic E-state index is 0.137. The molecule has 0 fully saturated rings. The van der Waals surface area contributed by atoms with Crippen molar-refractivity contribution < 1.29 is 5.11 Å². The van der Waals surface area contributed by atoms with Gasteiger partial charge < -0.3 is 10.4 Å². The summed E-state index contributed by atoms with van der Waals surface area (Å²) in [6, 6.07) is 15.9. The van der Waals surface area contributed by atoms with Gasteiger partial charge in [-0.2, -0.15) is 0 Å². The van der Waals surface area contributed by atoms with E-state index in [1.807, 2.05) is 12.1 Å². The number of aromatic hydroxyl groups is 1. The molecule has 20 heavy (non-hydrogen) atoms. The van der Waals surface area contributed by atoms with Crippen molar-refractivity contribution in [3.63, 3.8) is 0 Å². The van der Waals surface area contributed by atoms with E-state index < -0.39 is 0 Å². The molecule has 0 aromatic heterocycles. The molecule has 2 aromatic rings. The van der Waals surface area contributed by atoms with Gasteiger partial charge in [-0.1, -0.05) is 48.0 Å². The summed E-state index contributed by atoms with van der Waals surface area (Å²) in [5, 5.41) is 13.1. The molecule has 2 rings (SSSR count). The third-order valence-electron chi connectivity index (χ3n) is 3.25. The third-order valence-corrected chi connectivity index (χ3v) is 3.56. The highest BCUT2D eigenvalue weighted by atomic mass is 35.5. The molecule has 106 valence electrons. The number of rotatable bonds is 7. The first-order valence-electron chi connectivity index (χ1n) is 6.98. The molecule has 0 aliphatic carbocycles. The van der Waals surface area contributed by atoms with Gasteiger partial charge in [0.1, 0.15) is 5.75 Å². The summed E-state index contributed by atoms with van der Waals surface area (Å²) in [7, 11) is 0. The van der Waals surface area contributed by atoms with Gasteiger partial charge in [0.2, 0.25) is 0 Å². The highest BCUT2D eigenvalue weighted by molar-refractivity contribution is 6.32. The summed E-state index contributed by atoms with van der Waals surface area (Å²) in [5.74, 6) is 0.137. The Balaban J connectivity index is 1.61. The van der Waals surface area contributed by atoms with Crippen molar-refractivity contribution in [2.45, 2.75) is 25.8 Å². The van der Waals surface area contributed by atoms with Crippen LogP contribution in [-0.2, 0) is 13.0 Å². The van der Waals surface area contributed by atoms with E-state index in [-0.39, 0.29) is 5.75 Å². The topological polar surface area (TPSA) is 32.3 Å². The van der Waals surface area contributed by atoms with E-state index in [4.69, 9.17) is 11.6 Å². The molecule has 0 heterocycles. The molecule has 0 saturated carbocycles. The van der Waals surface area contributed by atoms with Gasteiger partial charge in [-0.25, -0.2) is 0 Å². The number of aryl methyl sites for hydroxylation is 1. The van der Waals surface area contributed by atoms with E-state index in [1.54, 1.807) is 12.1 Å². The quantitative estimate of drug-likeness (QED) is 0.750. The van der Waals surface area contributed by atoms with Gasteiger partial charge in [-0.05, 0) is 49.1 Å². The Morgan fingerprint density at radius 3 is 2.50 bits per heavy atom. The van der Waals surface area contributed by atoms with Crippen molar-refractivity contribution >= 4 is 11.6 Å². The van der Waals surface area contributed by atoms with Gasteiger partial charge in [-0.15, -0.1) is 0 Å². The average molecular weight is 290 g/mol. The molecule has 0 radical (unpaired) electrons. The van der Waals surface area contributed by atoms with Crippen LogP contribution in [0, 0.1) is 0 Å². The van der Waals surface area contributed by atoms with E-state index in [0.29, 0.717) is 5.02 Å². The van der Waals surface area contributed by atoms with Crippen molar-refractivity contribution in [2.75, 3.05) is 6.54 Å². The van der Waals surface area contributed by atoms with Crippen LogP contribution >= 0.6 is 11.6 Å². The number of unbranched alkanes of at least 4 members (excludes halogenated alkanes) is 1. The molecule has 2 nitrogen and oxygen atoms in total. The van der Waals surface area contributed by atoms with Crippen LogP contribution in [0.5, 0.6) is 5.75 Å². The van der Waals surface area contributed by atoms with Gasteiger partial charge in [0.25, 0.3) is 0 Å². The van der Waals surface area contributed by atoms with Crippen LogP contribution in [0.15, 0.2) is 48.5 Å². The molecule has 2 N–H and O–H groups in total. The summed E-state index contributed by atoms with van der Waals surface area (Å²) < 4.78 is 0. The van der Waals surface area contributed by atoms with Crippen LogP contribution in [0.3, 0.4) is 0 Å². The fourth-order valence-electron chi connectivity index (χ4n) is 2.12. The minimum Gasteiger partial charge on any atom is -0.506 e. The lowest BCUT2D eigenvalue weighted by Gasteiger charge is -2.06. The lowest BCUT2D eigenvalue weighted by atomic mass is 10.1. The van der Waals surface area contributed by atoms with E-state index in [1.165, 1.54) is 12.0 Å². The van der Waals surface area contributed by atoms with E-state index in [2.05, 4.69) is 29.6 Å². The molecule has 0 aliphatic heterocycles. The normalized spacial score (nSPS) is 10.7. The monoisotopic (exact) mass is 289 g/mol. The SMILES string of the molecule is Oc1ccc(CNCCCCc2ccccc2)cc1Cl. The highest BCUT2D eigenvalue weighted by Crippen LogP contribution is 2.23. The Morgan fingerprint density at radius 1 is 0.950 bits per heavy atom. The number of benzene rings is 2. The zero-order valence-corrected chi connectivity index (χ0v) is 12.2. The number of phenolic OH excluding ortho intramolecular Hbond substituents is 1. The van der Waals surface area contributed by atoms with Crippen LogP contribution in [-0.4, -0.2) is 11.7 Å². The predicted molar refractivity (Wildman–Crippen MR) is 84.2 cm³/mol. The first-order valence-corrected chi connectivity index (χ1v) is 7.35. The van der Waals surface area contributed by atoms with Crippen LogP contribution < -0.4 is 5.32 Å². The molecular formula is C17H20ClNO. The fourth-order valence-corrected chi connectivity index (χ4v) is 2.32. The van der Waals surface area contributed by atoms with Crippen molar-refractivity contribution in [2.24, 2.45) is 0 Å². The van der Waals surface area contributed by atoms with Crippen LogP contribution in [0.4, 0.5) is 0 Å². The maximum atomic E-state index is 9.34. The first-order chi connectivity index (χ1) is 9.75. The Labute approximate surface area is 125 Å². The lowest BCUT2D eigenvalue weighted by molar-refractivity contribution is 0.475. The second-order valence-corrected chi connectivity index (χ2v) is 5.31. The second-order valence-electron chi connectivity index (χ2n) is 4.91. The Bertz CT molecular complexity index is 528. The van der Waals surface area contributed by atoms with Gasteiger partial charge in [0.15, 0.2) is 0 Å². The molecule has 0 saturated heterocycles. The maximum absolute atomic E-state index is 9.34. The van der Waals surface area contributed by atoms with Crippen molar-refractivity contribution in [1.29, 1.82) is 0 Å². The van der Waals surface area contributed by atoms with Crippen molar-refractivity contribution in [3.05, 3.63) is 64.7 Å². The van der Waals surface area contributed by atoms with Crippen LogP contribution in [0.2, 0.25) is 5.02 Å². The van der Waals surface area contributed by atoms with Crippen molar-refractivity contribution in [1.82, 2.24) is 5.32 Å². The fraction of sp³-hybridized carbons (Fsp3) is 0.294. The standard InChI is InChI=1S/C17H20ClNO/c18-16-12-15(9-10-17(16)20)13-19-11-5-4-8-14-6-2-1-3-7-14/h1-3,6-7,9-10,12,19-20H,4-5,8,11,13H2. The number of nitrogens with one attached hydrogen (secondary N) is 1. The van der Waals surface area contributed by atoms with Crippen LogP contribution in [0.25, 0.3) is 0 Å². The summed E-state index contributed by atoms with van der Waals surface area (Å²) in [4.78, 5) is 0. The highest BCUT2D eigenvalue weighted by Gasteiger charge is 1.99. The summed E-state index contributed by atoms with van der Waals surface area (Å²) in [6.07, 6.45) is 3.47. The van der Waals surface area contributed by atoms with Gasteiger partial charge in [-0.3, -0.25) is 0 Å². The largest absolute Gasteiger partial charge is 0.506 e. The smallest absolute Gasteiger partial charge is 0.134 e. The van der Waals surface area contributed by atoms with Gasteiger partial charge in [0.05, 0.1) is 5.02 Å². The molecular weight excluding hydrogens is 270 g/mol. The summed E-state index contributed by atoms with van der Waals surface area (Å²) in [5.41, 5.74) is 2.49. The lowest BCUT2D eigenvalue weighted by Crippen LogP contribution is -2.14. The summed E-state index contributed by atoms with van der Waals surface area (Å²) in [6.45, 7) is 1.77. The molecule has 0 amide bonds. The summed E-state index contributed by atoms with van der Waals surface area (Å²) >= 11 is 5.87. The average Bonchev–Trinajstić information content (AvgIpc) is 2.47. The second kappa shape index (κ2) is 7.93. The number of phenols is 1. The molecule has 0 bridgehead atoms. The van der Waals surface area contributed by atoms with Crippen LogP contribution in [0.1, 0.15) is 24.0 Å². The van der Waals surface area contributed by atoms with E-state index in [9.17, 15) is 5.11 Å². The first kappa shape index (κ1) is 14.9. The number of halogens is 1. The maximum Gasteiger partial charge on any atom is 0.134 e.